The lowest BCUT2D eigenvalue weighted by molar-refractivity contribution is 0.108. The lowest BCUT2D eigenvalue weighted by Crippen LogP contribution is -2.45. The van der Waals surface area contributed by atoms with Gasteiger partial charge in [-0.25, -0.2) is 0 Å². The van der Waals surface area contributed by atoms with E-state index >= 15 is 0 Å². The highest BCUT2D eigenvalue weighted by Crippen LogP contribution is 2.33. The van der Waals surface area contributed by atoms with Gasteiger partial charge in [0.2, 0.25) is 0 Å². The summed E-state index contributed by atoms with van der Waals surface area (Å²) in [6.45, 7) is 15.0. The van der Waals surface area contributed by atoms with E-state index in [1.165, 1.54) is 51.7 Å². The molecule has 3 heteroatoms. The van der Waals surface area contributed by atoms with Crippen molar-refractivity contribution >= 4 is 0 Å². The fourth-order valence-corrected chi connectivity index (χ4v) is 3.61. The van der Waals surface area contributed by atoms with E-state index in [1.54, 1.807) is 0 Å². The van der Waals surface area contributed by atoms with Gasteiger partial charge < -0.3 is 15.0 Å². The number of rotatable bonds is 6. The van der Waals surface area contributed by atoms with Crippen molar-refractivity contribution in [2.75, 3.05) is 45.9 Å². The lowest BCUT2D eigenvalue weighted by atomic mass is 9.85. The molecule has 2 heterocycles. The van der Waals surface area contributed by atoms with Gasteiger partial charge in [-0.3, -0.25) is 0 Å². The van der Waals surface area contributed by atoms with Crippen molar-refractivity contribution in [1.82, 2.24) is 10.2 Å². The zero-order valence-electron chi connectivity index (χ0n) is 13.8. The number of hydrogen-bond donors (Lipinski definition) is 1. The summed E-state index contributed by atoms with van der Waals surface area (Å²) in [5, 5.41) is 3.63. The Labute approximate surface area is 125 Å². The Morgan fingerprint density at radius 2 is 2.00 bits per heavy atom. The third kappa shape index (κ3) is 4.71. The number of likely N-dealkylation sites (tertiary alicyclic amines) is 1. The monoisotopic (exact) mass is 282 g/mol. The quantitative estimate of drug-likeness (QED) is 0.758. The number of nitrogens with zero attached hydrogens (tertiary/aromatic N) is 1. The summed E-state index contributed by atoms with van der Waals surface area (Å²) in [5.41, 5.74) is 0.901. The Bertz CT molecular complexity index is 285. The molecule has 3 nitrogen and oxygen atoms in total. The normalized spacial score (nSPS) is 31.4. The molecule has 2 rings (SSSR count). The van der Waals surface area contributed by atoms with Crippen LogP contribution in [0.3, 0.4) is 0 Å². The summed E-state index contributed by atoms with van der Waals surface area (Å²) in [6, 6.07) is 0. The maximum absolute atomic E-state index is 5.74. The first-order valence-electron chi connectivity index (χ1n) is 8.56. The minimum atomic E-state index is 0.365. The molecule has 0 bridgehead atoms. The number of hydrogen-bond acceptors (Lipinski definition) is 3. The maximum Gasteiger partial charge on any atom is 0.0547 e. The van der Waals surface area contributed by atoms with Gasteiger partial charge in [-0.2, -0.15) is 0 Å². The summed E-state index contributed by atoms with van der Waals surface area (Å²) in [4.78, 5) is 2.71. The van der Waals surface area contributed by atoms with Crippen LogP contribution in [0.2, 0.25) is 0 Å². The zero-order chi connectivity index (χ0) is 14.5. The van der Waals surface area contributed by atoms with E-state index < -0.39 is 0 Å². The van der Waals surface area contributed by atoms with Crippen molar-refractivity contribution < 1.29 is 4.74 Å². The fourth-order valence-electron chi connectivity index (χ4n) is 3.61. The molecule has 0 saturated carbocycles. The molecule has 0 aliphatic carbocycles. The second kappa shape index (κ2) is 7.24. The second-order valence-electron chi connectivity index (χ2n) is 7.77. The first kappa shape index (κ1) is 16.3. The van der Waals surface area contributed by atoms with Crippen LogP contribution in [0.4, 0.5) is 0 Å². The average molecular weight is 282 g/mol. The van der Waals surface area contributed by atoms with Crippen molar-refractivity contribution in [3.05, 3.63) is 0 Å². The van der Waals surface area contributed by atoms with E-state index in [2.05, 4.69) is 31.0 Å². The third-order valence-electron chi connectivity index (χ3n) is 5.10. The molecule has 1 unspecified atom stereocenters. The molecule has 2 aliphatic rings. The van der Waals surface area contributed by atoms with Gasteiger partial charge in [0, 0.05) is 25.1 Å². The van der Waals surface area contributed by atoms with Crippen LogP contribution in [0.5, 0.6) is 0 Å². The molecular formula is C17H34N2O. The minimum absolute atomic E-state index is 0.365. The molecule has 0 aromatic rings. The van der Waals surface area contributed by atoms with Crippen LogP contribution < -0.4 is 5.32 Å². The third-order valence-corrected chi connectivity index (χ3v) is 5.10. The highest BCUT2D eigenvalue weighted by Gasteiger charge is 2.37. The van der Waals surface area contributed by atoms with E-state index in [0.717, 1.165) is 26.3 Å². The zero-order valence-corrected chi connectivity index (χ0v) is 13.8. The maximum atomic E-state index is 5.74. The summed E-state index contributed by atoms with van der Waals surface area (Å²) >= 11 is 0. The molecule has 0 spiro atoms. The van der Waals surface area contributed by atoms with Crippen molar-refractivity contribution in [3.8, 4) is 0 Å². The molecule has 20 heavy (non-hydrogen) atoms. The average Bonchev–Trinajstić information content (AvgIpc) is 2.78. The Morgan fingerprint density at radius 1 is 1.15 bits per heavy atom. The van der Waals surface area contributed by atoms with E-state index in [9.17, 15) is 0 Å². The summed E-state index contributed by atoms with van der Waals surface area (Å²) in [6.07, 6.45) is 6.51. The predicted molar refractivity (Wildman–Crippen MR) is 85.1 cm³/mol. The molecule has 0 radical (unpaired) electrons. The van der Waals surface area contributed by atoms with E-state index in [1.807, 2.05) is 0 Å². The van der Waals surface area contributed by atoms with Crippen molar-refractivity contribution in [3.63, 3.8) is 0 Å². The molecule has 0 aromatic heterocycles. The van der Waals surface area contributed by atoms with Crippen LogP contribution in [-0.2, 0) is 4.74 Å². The standard InChI is InChI=1S/C17H34N2O/c1-4-9-18-13-17(8-12-20-15-17)14-19-10-5-6-16(2,3)7-11-19/h18H,4-15H2,1-3H3. The van der Waals surface area contributed by atoms with Crippen LogP contribution in [0.15, 0.2) is 0 Å². The van der Waals surface area contributed by atoms with Crippen LogP contribution in [0.25, 0.3) is 0 Å². The van der Waals surface area contributed by atoms with Crippen LogP contribution in [0.1, 0.15) is 52.9 Å². The first-order valence-corrected chi connectivity index (χ1v) is 8.56. The van der Waals surface area contributed by atoms with Crippen molar-refractivity contribution in [1.29, 1.82) is 0 Å². The second-order valence-corrected chi connectivity index (χ2v) is 7.77. The van der Waals surface area contributed by atoms with E-state index in [-0.39, 0.29) is 0 Å². The van der Waals surface area contributed by atoms with Gasteiger partial charge in [0.1, 0.15) is 0 Å². The smallest absolute Gasteiger partial charge is 0.0547 e. The molecule has 1 N–H and O–H groups in total. The van der Waals surface area contributed by atoms with E-state index in [4.69, 9.17) is 4.74 Å². The largest absolute Gasteiger partial charge is 0.381 e. The van der Waals surface area contributed by atoms with Gasteiger partial charge in [-0.1, -0.05) is 20.8 Å². The predicted octanol–water partition coefficient (Wildman–Crippen LogP) is 2.90. The van der Waals surface area contributed by atoms with Gasteiger partial charge in [-0.15, -0.1) is 0 Å². The summed E-state index contributed by atoms with van der Waals surface area (Å²) < 4.78 is 5.74. The fraction of sp³-hybridized carbons (Fsp3) is 1.00. The van der Waals surface area contributed by atoms with Gasteiger partial charge in [0.05, 0.1) is 6.61 Å². The Balaban J connectivity index is 1.87. The highest BCUT2D eigenvalue weighted by molar-refractivity contribution is 4.89. The Kier molecular flexibility index (Phi) is 5.88. The van der Waals surface area contributed by atoms with Crippen LogP contribution >= 0.6 is 0 Å². The minimum Gasteiger partial charge on any atom is -0.381 e. The number of nitrogens with one attached hydrogen (secondary N) is 1. The topological polar surface area (TPSA) is 24.5 Å². The molecule has 2 aliphatic heterocycles. The van der Waals surface area contributed by atoms with Crippen molar-refractivity contribution in [2.45, 2.75) is 52.9 Å². The molecule has 0 amide bonds. The summed E-state index contributed by atoms with van der Waals surface area (Å²) in [5.74, 6) is 0. The Hall–Kier alpha value is -0.120. The molecular weight excluding hydrogens is 248 g/mol. The molecule has 2 fully saturated rings. The highest BCUT2D eigenvalue weighted by atomic mass is 16.5. The van der Waals surface area contributed by atoms with E-state index in [0.29, 0.717) is 10.8 Å². The van der Waals surface area contributed by atoms with Gasteiger partial charge in [-0.05, 0) is 57.2 Å². The lowest BCUT2D eigenvalue weighted by Gasteiger charge is -2.34. The first-order chi connectivity index (χ1) is 9.55. The van der Waals surface area contributed by atoms with Crippen LogP contribution in [0, 0.1) is 10.8 Å². The summed E-state index contributed by atoms with van der Waals surface area (Å²) in [7, 11) is 0. The van der Waals surface area contributed by atoms with Gasteiger partial charge in [0.15, 0.2) is 0 Å². The van der Waals surface area contributed by atoms with Crippen LogP contribution in [-0.4, -0.2) is 50.8 Å². The van der Waals surface area contributed by atoms with Crippen molar-refractivity contribution in [2.24, 2.45) is 10.8 Å². The Morgan fingerprint density at radius 3 is 2.70 bits per heavy atom. The van der Waals surface area contributed by atoms with Gasteiger partial charge >= 0.3 is 0 Å². The van der Waals surface area contributed by atoms with Gasteiger partial charge in [0.25, 0.3) is 0 Å². The number of ether oxygens (including phenoxy) is 1. The molecule has 1 atom stereocenters. The molecule has 118 valence electrons. The molecule has 2 saturated heterocycles. The SMILES string of the molecule is CCCNCC1(CN2CCCC(C)(C)CC2)CCOC1. The molecule has 0 aromatic carbocycles.